The number of hydrogen-bond donors (Lipinski definition) is 1. The first kappa shape index (κ1) is 19.1. The Morgan fingerprint density at radius 3 is 2.74 bits per heavy atom. The third-order valence-corrected chi connectivity index (χ3v) is 4.96. The van der Waals surface area contributed by atoms with Gasteiger partial charge in [-0.15, -0.1) is 0 Å². The van der Waals surface area contributed by atoms with Gasteiger partial charge >= 0.3 is 0 Å². The topological polar surface area (TPSA) is 77.2 Å². The Balaban J connectivity index is 1.77. The van der Waals surface area contributed by atoms with Crippen molar-refractivity contribution in [1.82, 2.24) is 15.5 Å². The summed E-state index contributed by atoms with van der Waals surface area (Å²) in [5.74, 6) is 1.98. The number of benzene rings is 1. The van der Waals surface area contributed by atoms with E-state index < -0.39 is 5.54 Å². The molecule has 1 saturated carbocycles. The normalized spacial score (nSPS) is 16.6. The average Bonchev–Trinajstić information content (AvgIpc) is 3.19. The number of amides is 1. The van der Waals surface area contributed by atoms with E-state index in [1.165, 1.54) is 0 Å². The summed E-state index contributed by atoms with van der Waals surface area (Å²) in [5.41, 5.74) is 0.329. The van der Waals surface area contributed by atoms with E-state index in [2.05, 4.69) is 15.5 Å². The maximum absolute atomic E-state index is 12.6. The van der Waals surface area contributed by atoms with Gasteiger partial charge < -0.3 is 14.6 Å². The Bertz CT molecular complexity index is 805. The third-order valence-electron chi connectivity index (χ3n) is 4.96. The van der Waals surface area contributed by atoms with Gasteiger partial charge in [0.1, 0.15) is 11.3 Å². The van der Waals surface area contributed by atoms with Crippen molar-refractivity contribution in [2.24, 2.45) is 0 Å². The first-order chi connectivity index (χ1) is 13.0. The molecule has 0 radical (unpaired) electrons. The largest absolute Gasteiger partial charge is 0.497 e. The molecule has 0 bridgehead atoms. The molecule has 1 aliphatic rings. The van der Waals surface area contributed by atoms with Crippen molar-refractivity contribution in [2.45, 2.75) is 57.4 Å². The van der Waals surface area contributed by atoms with Crippen molar-refractivity contribution in [3.05, 3.63) is 47.6 Å². The molecule has 1 N–H and O–H groups in total. The van der Waals surface area contributed by atoms with Crippen LogP contribution in [0.4, 0.5) is 0 Å². The number of hydrogen-bond acceptors (Lipinski definition) is 5. The quantitative estimate of drug-likeness (QED) is 0.773. The number of methoxy groups -OCH3 is 1. The van der Waals surface area contributed by atoms with Gasteiger partial charge in [0.15, 0.2) is 5.82 Å². The smallest absolute Gasteiger partial charge is 0.252 e. The molecular weight excluding hydrogens is 342 g/mol. The summed E-state index contributed by atoms with van der Waals surface area (Å²) < 4.78 is 10.8. The van der Waals surface area contributed by atoms with Gasteiger partial charge in [-0.2, -0.15) is 4.98 Å². The van der Waals surface area contributed by atoms with Gasteiger partial charge in [-0.3, -0.25) is 4.79 Å². The first-order valence-electron chi connectivity index (χ1n) is 9.51. The van der Waals surface area contributed by atoms with Crippen LogP contribution in [-0.2, 0) is 10.3 Å². The first-order valence-corrected chi connectivity index (χ1v) is 9.51. The number of carbonyl (C=O) groups is 1. The third kappa shape index (κ3) is 4.56. The lowest BCUT2D eigenvalue weighted by Gasteiger charge is -2.34. The Morgan fingerprint density at radius 1 is 1.30 bits per heavy atom. The van der Waals surface area contributed by atoms with E-state index in [9.17, 15) is 4.79 Å². The molecule has 6 nitrogen and oxygen atoms in total. The summed E-state index contributed by atoms with van der Waals surface area (Å²) >= 11 is 0. The molecule has 0 unspecified atom stereocenters. The minimum absolute atomic E-state index is 0.163. The van der Waals surface area contributed by atoms with E-state index in [1.807, 2.05) is 38.1 Å². The Morgan fingerprint density at radius 2 is 2.07 bits per heavy atom. The Kier molecular flexibility index (Phi) is 5.94. The molecule has 0 atom stereocenters. The zero-order valence-electron chi connectivity index (χ0n) is 16.2. The summed E-state index contributed by atoms with van der Waals surface area (Å²) in [7, 11) is 1.62. The molecule has 1 amide bonds. The maximum Gasteiger partial charge on any atom is 0.252 e. The minimum Gasteiger partial charge on any atom is -0.497 e. The predicted molar refractivity (Wildman–Crippen MR) is 103 cm³/mol. The van der Waals surface area contributed by atoms with Crippen LogP contribution >= 0.6 is 0 Å². The second kappa shape index (κ2) is 8.37. The van der Waals surface area contributed by atoms with Gasteiger partial charge in [0.25, 0.3) is 5.89 Å². The molecule has 144 valence electrons. The number of rotatable bonds is 6. The van der Waals surface area contributed by atoms with Crippen molar-refractivity contribution >= 4 is 12.0 Å². The van der Waals surface area contributed by atoms with Gasteiger partial charge in [0, 0.05) is 12.0 Å². The molecule has 3 rings (SSSR count). The maximum atomic E-state index is 12.6. The lowest BCUT2D eigenvalue weighted by molar-refractivity contribution is -0.119. The van der Waals surface area contributed by atoms with Crippen LogP contribution in [0.1, 0.15) is 69.1 Å². The summed E-state index contributed by atoms with van der Waals surface area (Å²) in [6, 6.07) is 7.57. The fourth-order valence-corrected chi connectivity index (χ4v) is 3.41. The highest BCUT2D eigenvalue weighted by molar-refractivity contribution is 5.92. The van der Waals surface area contributed by atoms with Gasteiger partial charge in [0.05, 0.1) is 7.11 Å². The molecule has 0 spiro atoms. The van der Waals surface area contributed by atoms with Crippen LogP contribution in [0.15, 0.2) is 34.9 Å². The zero-order chi connectivity index (χ0) is 19.3. The van der Waals surface area contributed by atoms with E-state index >= 15 is 0 Å². The Labute approximate surface area is 160 Å². The van der Waals surface area contributed by atoms with Gasteiger partial charge in [-0.25, -0.2) is 0 Å². The van der Waals surface area contributed by atoms with E-state index in [0.29, 0.717) is 11.7 Å². The van der Waals surface area contributed by atoms with Crippen molar-refractivity contribution in [3.8, 4) is 5.75 Å². The predicted octanol–water partition coefficient (Wildman–Crippen LogP) is 4.19. The summed E-state index contributed by atoms with van der Waals surface area (Å²) in [6.07, 6.45) is 8.16. The molecule has 0 aliphatic heterocycles. The fourth-order valence-electron chi connectivity index (χ4n) is 3.41. The van der Waals surface area contributed by atoms with Crippen LogP contribution in [0.5, 0.6) is 5.75 Å². The SMILES string of the molecule is COc1cccc(/C=C/C(=O)NC2(c3nc(C(C)C)no3)CCCCC2)c1. The van der Waals surface area contributed by atoms with E-state index in [-0.39, 0.29) is 11.8 Å². The molecule has 0 saturated heterocycles. The fraction of sp³-hybridized carbons (Fsp3) is 0.476. The van der Waals surface area contributed by atoms with Crippen LogP contribution in [0, 0.1) is 0 Å². The van der Waals surface area contributed by atoms with Crippen molar-refractivity contribution in [3.63, 3.8) is 0 Å². The Hall–Kier alpha value is -2.63. The van der Waals surface area contributed by atoms with Gasteiger partial charge in [-0.05, 0) is 36.6 Å². The number of nitrogens with one attached hydrogen (secondary N) is 1. The standard InChI is InChI=1S/C21H27N3O3/c1-15(2)19-22-20(27-24-19)21(12-5-4-6-13-21)23-18(25)11-10-16-8-7-9-17(14-16)26-3/h7-11,14-15H,4-6,12-13H2,1-3H3,(H,23,25)/b11-10+. The van der Waals surface area contributed by atoms with Crippen LogP contribution in [0.2, 0.25) is 0 Å². The summed E-state index contributed by atoms with van der Waals surface area (Å²) in [4.78, 5) is 17.2. The van der Waals surface area contributed by atoms with Crippen LogP contribution < -0.4 is 10.1 Å². The zero-order valence-corrected chi connectivity index (χ0v) is 16.2. The monoisotopic (exact) mass is 369 g/mol. The molecule has 1 aromatic carbocycles. The molecule has 1 heterocycles. The second-order valence-electron chi connectivity index (χ2n) is 7.35. The molecule has 27 heavy (non-hydrogen) atoms. The highest BCUT2D eigenvalue weighted by Gasteiger charge is 2.40. The molecule has 1 aromatic heterocycles. The van der Waals surface area contributed by atoms with Gasteiger partial charge in [0.2, 0.25) is 5.91 Å². The highest BCUT2D eigenvalue weighted by Crippen LogP contribution is 2.36. The van der Waals surface area contributed by atoms with E-state index in [1.54, 1.807) is 19.3 Å². The van der Waals surface area contributed by atoms with Crippen LogP contribution in [0.3, 0.4) is 0 Å². The molecular formula is C21H27N3O3. The molecule has 1 aliphatic carbocycles. The van der Waals surface area contributed by atoms with Gasteiger partial charge in [-0.1, -0.05) is 50.4 Å². The van der Waals surface area contributed by atoms with Crippen LogP contribution in [0.25, 0.3) is 6.08 Å². The number of nitrogens with zero attached hydrogens (tertiary/aromatic N) is 2. The number of aromatic nitrogens is 2. The average molecular weight is 369 g/mol. The molecule has 1 fully saturated rings. The summed E-state index contributed by atoms with van der Waals surface area (Å²) in [6.45, 7) is 4.05. The van der Waals surface area contributed by atoms with Crippen LogP contribution in [-0.4, -0.2) is 23.2 Å². The highest BCUT2D eigenvalue weighted by atomic mass is 16.5. The van der Waals surface area contributed by atoms with Crippen molar-refractivity contribution in [2.75, 3.05) is 7.11 Å². The second-order valence-corrected chi connectivity index (χ2v) is 7.35. The molecule has 6 heteroatoms. The van der Waals surface area contributed by atoms with Crippen molar-refractivity contribution < 1.29 is 14.1 Å². The number of ether oxygens (including phenoxy) is 1. The van der Waals surface area contributed by atoms with E-state index in [0.717, 1.165) is 43.4 Å². The molecule has 2 aromatic rings. The van der Waals surface area contributed by atoms with Crippen molar-refractivity contribution in [1.29, 1.82) is 0 Å². The lowest BCUT2D eigenvalue weighted by atomic mass is 9.81. The number of carbonyl (C=O) groups excluding carboxylic acids is 1. The lowest BCUT2D eigenvalue weighted by Crippen LogP contribution is -2.47. The minimum atomic E-state index is -0.575. The summed E-state index contributed by atoms with van der Waals surface area (Å²) in [5, 5.41) is 7.23. The van der Waals surface area contributed by atoms with E-state index in [4.69, 9.17) is 9.26 Å².